The van der Waals surface area contributed by atoms with E-state index in [-0.39, 0.29) is 6.10 Å². The van der Waals surface area contributed by atoms with Crippen molar-refractivity contribution in [3.8, 4) is 11.5 Å². The molecular formula is C16H27NO4. The molecular weight excluding hydrogens is 270 g/mol. The van der Waals surface area contributed by atoms with E-state index in [1.54, 1.807) is 21.3 Å². The average Bonchev–Trinajstić information content (AvgIpc) is 2.50. The predicted molar refractivity (Wildman–Crippen MR) is 83.2 cm³/mol. The van der Waals surface area contributed by atoms with Gasteiger partial charge in [-0.3, -0.25) is 0 Å². The molecule has 0 radical (unpaired) electrons. The number of benzene rings is 1. The third-order valence-electron chi connectivity index (χ3n) is 3.12. The Kier molecular flexibility index (Phi) is 8.82. The van der Waals surface area contributed by atoms with Crippen LogP contribution in [0.4, 0.5) is 0 Å². The first-order valence-corrected chi connectivity index (χ1v) is 7.23. The molecule has 0 aliphatic heterocycles. The molecule has 0 aliphatic rings. The van der Waals surface area contributed by atoms with Crippen LogP contribution in [0.25, 0.3) is 0 Å². The summed E-state index contributed by atoms with van der Waals surface area (Å²) >= 11 is 0. The SMILES string of the molecule is COCCNCc1cc(OC)ccc1OC(C)CCOC. The van der Waals surface area contributed by atoms with E-state index in [0.717, 1.165) is 30.0 Å². The summed E-state index contributed by atoms with van der Waals surface area (Å²) in [6, 6.07) is 5.87. The first kappa shape index (κ1) is 17.8. The van der Waals surface area contributed by atoms with Crippen LogP contribution in [0, 0.1) is 0 Å². The molecule has 1 atom stereocenters. The van der Waals surface area contributed by atoms with Crippen LogP contribution in [0.2, 0.25) is 0 Å². The van der Waals surface area contributed by atoms with Gasteiger partial charge in [-0.15, -0.1) is 0 Å². The third kappa shape index (κ3) is 6.80. The number of ether oxygens (including phenoxy) is 4. The molecule has 1 unspecified atom stereocenters. The van der Waals surface area contributed by atoms with E-state index in [1.165, 1.54) is 0 Å². The minimum absolute atomic E-state index is 0.107. The fourth-order valence-electron chi connectivity index (χ4n) is 1.89. The maximum atomic E-state index is 6.00. The second-order valence-electron chi connectivity index (χ2n) is 4.85. The van der Waals surface area contributed by atoms with Crippen LogP contribution < -0.4 is 14.8 Å². The summed E-state index contributed by atoms with van der Waals surface area (Å²) in [5.74, 6) is 1.71. The van der Waals surface area contributed by atoms with Gasteiger partial charge in [-0.05, 0) is 25.1 Å². The Bertz CT molecular complexity index is 398. The van der Waals surface area contributed by atoms with Crippen molar-refractivity contribution in [1.82, 2.24) is 5.32 Å². The van der Waals surface area contributed by atoms with Crippen LogP contribution in [0.3, 0.4) is 0 Å². The average molecular weight is 297 g/mol. The van der Waals surface area contributed by atoms with E-state index < -0.39 is 0 Å². The highest BCUT2D eigenvalue weighted by molar-refractivity contribution is 5.40. The summed E-state index contributed by atoms with van der Waals surface area (Å²) in [5, 5.41) is 3.33. The van der Waals surface area contributed by atoms with Gasteiger partial charge in [0.2, 0.25) is 0 Å². The van der Waals surface area contributed by atoms with Crippen molar-refractivity contribution in [1.29, 1.82) is 0 Å². The Balaban J connectivity index is 2.66. The van der Waals surface area contributed by atoms with Crippen molar-refractivity contribution in [3.63, 3.8) is 0 Å². The molecule has 0 spiro atoms. The lowest BCUT2D eigenvalue weighted by Gasteiger charge is -2.18. The van der Waals surface area contributed by atoms with Crippen LogP contribution in [0.5, 0.6) is 11.5 Å². The quantitative estimate of drug-likeness (QED) is 0.635. The zero-order chi connectivity index (χ0) is 15.5. The topological polar surface area (TPSA) is 49.0 Å². The fraction of sp³-hybridized carbons (Fsp3) is 0.625. The van der Waals surface area contributed by atoms with E-state index in [4.69, 9.17) is 18.9 Å². The summed E-state index contributed by atoms with van der Waals surface area (Å²) in [6.07, 6.45) is 0.968. The maximum Gasteiger partial charge on any atom is 0.124 e. The molecule has 1 aromatic carbocycles. The number of hydrogen-bond acceptors (Lipinski definition) is 5. The molecule has 1 aromatic rings. The molecule has 0 saturated heterocycles. The summed E-state index contributed by atoms with van der Waals surface area (Å²) in [6.45, 7) is 4.94. The molecule has 0 heterocycles. The third-order valence-corrected chi connectivity index (χ3v) is 3.12. The minimum Gasteiger partial charge on any atom is -0.497 e. The molecule has 5 nitrogen and oxygen atoms in total. The molecule has 0 saturated carbocycles. The van der Waals surface area contributed by atoms with Gasteiger partial charge < -0.3 is 24.3 Å². The predicted octanol–water partition coefficient (Wildman–Crippen LogP) is 2.23. The van der Waals surface area contributed by atoms with Crippen molar-refractivity contribution in [2.24, 2.45) is 0 Å². The van der Waals surface area contributed by atoms with Gasteiger partial charge in [-0.2, -0.15) is 0 Å². The molecule has 0 amide bonds. The van der Waals surface area contributed by atoms with Crippen molar-refractivity contribution in [2.45, 2.75) is 26.0 Å². The molecule has 0 aliphatic carbocycles. The number of methoxy groups -OCH3 is 3. The van der Waals surface area contributed by atoms with E-state index in [2.05, 4.69) is 5.32 Å². The summed E-state index contributed by atoms with van der Waals surface area (Å²) in [5.41, 5.74) is 1.08. The smallest absolute Gasteiger partial charge is 0.124 e. The lowest BCUT2D eigenvalue weighted by molar-refractivity contribution is 0.134. The zero-order valence-corrected chi connectivity index (χ0v) is 13.5. The first-order chi connectivity index (χ1) is 10.2. The highest BCUT2D eigenvalue weighted by atomic mass is 16.5. The van der Waals surface area contributed by atoms with Crippen molar-refractivity contribution in [3.05, 3.63) is 23.8 Å². The monoisotopic (exact) mass is 297 g/mol. The molecule has 0 fully saturated rings. The number of rotatable bonds is 11. The van der Waals surface area contributed by atoms with E-state index in [1.807, 2.05) is 25.1 Å². The zero-order valence-electron chi connectivity index (χ0n) is 13.5. The van der Waals surface area contributed by atoms with Gasteiger partial charge >= 0.3 is 0 Å². The Hall–Kier alpha value is -1.30. The van der Waals surface area contributed by atoms with Gasteiger partial charge in [0.1, 0.15) is 11.5 Å². The molecule has 0 aromatic heterocycles. The summed E-state index contributed by atoms with van der Waals surface area (Å²) in [4.78, 5) is 0. The van der Waals surface area contributed by atoms with Gasteiger partial charge in [0.15, 0.2) is 0 Å². The van der Waals surface area contributed by atoms with Crippen LogP contribution in [-0.2, 0) is 16.0 Å². The van der Waals surface area contributed by atoms with Crippen LogP contribution in [0.1, 0.15) is 18.9 Å². The van der Waals surface area contributed by atoms with Gasteiger partial charge in [-0.1, -0.05) is 0 Å². The van der Waals surface area contributed by atoms with Crippen LogP contribution >= 0.6 is 0 Å². The van der Waals surface area contributed by atoms with Gasteiger partial charge in [-0.25, -0.2) is 0 Å². The van der Waals surface area contributed by atoms with Gasteiger partial charge in [0.05, 0.1) is 19.8 Å². The van der Waals surface area contributed by atoms with E-state index >= 15 is 0 Å². The molecule has 120 valence electrons. The molecule has 5 heteroatoms. The molecule has 1 rings (SSSR count). The van der Waals surface area contributed by atoms with Gasteiger partial charge in [0.25, 0.3) is 0 Å². The molecule has 21 heavy (non-hydrogen) atoms. The molecule has 0 bridgehead atoms. The standard InChI is InChI=1S/C16H27NO4/c1-13(7-9-18-2)21-16-6-5-15(20-4)11-14(16)12-17-8-10-19-3/h5-6,11,13,17H,7-10,12H2,1-4H3. The lowest BCUT2D eigenvalue weighted by atomic mass is 10.1. The lowest BCUT2D eigenvalue weighted by Crippen LogP contribution is -2.20. The Morgan fingerprint density at radius 3 is 2.52 bits per heavy atom. The second-order valence-corrected chi connectivity index (χ2v) is 4.85. The van der Waals surface area contributed by atoms with Crippen LogP contribution in [0.15, 0.2) is 18.2 Å². The van der Waals surface area contributed by atoms with Crippen LogP contribution in [-0.4, -0.2) is 47.2 Å². The Labute approximate surface area is 127 Å². The first-order valence-electron chi connectivity index (χ1n) is 7.23. The number of hydrogen-bond donors (Lipinski definition) is 1. The molecule has 1 N–H and O–H groups in total. The Morgan fingerprint density at radius 1 is 1.10 bits per heavy atom. The van der Waals surface area contributed by atoms with E-state index in [9.17, 15) is 0 Å². The normalized spacial score (nSPS) is 12.2. The second kappa shape index (κ2) is 10.4. The fourth-order valence-corrected chi connectivity index (χ4v) is 1.89. The highest BCUT2D eigenvalue weighted by Crippen LogP contribution is 2.25. The minimum atomic E-state index is 0.107. The maximum absolute atomic E-state index is 6.00. The van der Waals surface area contributed by atoms with Gasteiger partial charge in [0, 0.05) is 45.9 Å². The van der Waals surface area contributed by atoms with Crippen molar-refractivity contribution < 1.29 is 18.9 Å². The highest BCUT2D eigenvalue weighted by Gasteiger charge is 2.10. The summed E-state index contributed by atoms with van der Waals surface area (Å²) < 4.78 is 21.4. The van der Waals surface area contributed by atoms with Crippen molar-refractivity contribution in [2.75, 3.05) is 41.1 Å². The largest absolute Gasteiger partial charge is 0.497 e. The summed E-state index contributed by atoms with van der Waals surface area (Å²) in [7, 11) is 5.06. The Morgan fingerprint density at radius 2 is 1.86 bits per heavy atom. The number of nitrogens with one attached hydrogen (secondary N) is 1. The van der Waals surface area contributed by atoms with E-state index in [0.29, 0.717) is 19.8 Å². The van der Waals surface area contributed by atoms with Crippen molar-refractivity contribution >= 4 is 0 Å².